The van der Waals surface area contributed by atoms with Crippen molar-refractivity contribution in [3.63, 3.8) is 0 Å². The Kier molecular flexibility index (Phi) is 5.13. The van der Waals surface area contributed by atoms with E-state index in [4.69, 9.17) is 5.73 Å². The molecule has 5 N–H and O–H groups in total. The zero-order valence-electron chi connectivity index (χ0n) is 15.0. The third kappa shape index (κ3) is 3.80. The molecule has 0 bridgehead atoms. The number of nitrogens with zero attached hydrogens (tertiary/aromatic N) is 1. The van der Waals surface area contributed by atoms with Crippen molar-refractivity contribution in [2.24, 2.45) is 11.7 Å². The fraction of sp³-hybridized carbons (Fsp3) is 0.500. The van der Waals surface area contributed by atoms with Crippen LogP contribution in [0.3, 0.4) is 0 Å². The van der Waals surface area contributed by atoms with Crippen molar-refractivity contribution in [3.05, 3.63) is 34.2 Å². The highest BCUT2D eigenvalue weighted by Gasteiger charge is 2.28. The number of aromatic nitrogens is 2. The summed E-state index contributed by atoms with van der Waals surface area (Å²) in [6.45, 7) is 5.03. The molecule has 2 unspecified atom stereocenters. The van der Waals surface area contributed by atoms with Crippen LogP contribution in [0.2, 0.25) is 0 Å². The third-order valence-electron chi connectivity index (χ3n) is 5.08. The maximum absolute atomic E-state index is 12.5. The van der Waals surface area contributed by atoms with Crippen LogP contribution in [0, 0.1) is 5.92 Å². The van der Waals surface area contributed by atoms with Gasteiger partial charge in [0, 0.05) is 24.7 Å². The van der Waals surface area contributed by atoms with Gasteiger partial charge in [0.1, 0.15) is 0 Å². The number of nitrogens with one attached hydrogen (secondary N) is 3. The molecule has 140 valence electrons. The number of amides is 2. The number of hydrogen-bond donors (Lipinski definition) is 4. The number of piperidine rings is 1. The van der Waals surface area contributed by atoms with E-state index in [1.807, 2.05) is 6.92 Å². The van der Waals surface area contributed by atoms with Crippen LogP contribution in [0.5, 0.6) is 0 Å². The molecule has 0 spiro atoms. The molecule has 8 nitrogen and oxygen atoms in total. The molecule has 1 saturated heterocycles. The second-order valence-corrected chi connectivity index (χ2v) is 7.05. The van der Waals surface area contributed by atoms with Crippen LogP contribution in [0.25, 0.3) is 11.0 Å². The number of carbonyl (C=O) groups excluding carboxylic acids is 2. The van der Waals surface area contributed by atoms with Gasteiger partial charge in [-0.3, -0.25) is 9.59 Å². The van der Waals surface area contributed by atoms with Crippen molar-refractivity contribution in [1.29, 1.82) is 0 Å². The zero-order valence-corrected chi connectivity index (χ0v) is 15.0. The molecular weight excluding hydrogens is 334 g/mol. The highest BCUT2D eigenvalue weighted by atomic mass is 16.2. The summed E-state index contributed by atoms with van der Waals surface area (Å²) in [6.07, 6.45) is 1.67. The average Bonchev–Trinajstić information content (AvgIpc) is 3.00. The first-order valence-electron chi connectivity index (χ1n) is 8.92. The fourth-order valence-corrected chi connectivity index (χ4v) is 3.49. The maximum atomic E-state index is 12.5. The van der Waals surface area contributed by atoms with Gasteiger partial charge in [0.05, 0.1) is 17.1 Å². The van der Waals surface area contributed by atoms with Gasteiger partial charge in [0.15, 0.2) is 0 Å². The van der Waals surface area contributed by atoms with E-state index in [-0.39, 0.29) is 23.5 Å². The summed E-state index contributed by atoms with van der Waals surface area (Å²) >= 11 is 0. The molecular formula is C18H25N5O3. The van der Waals surface area contributed by atoms with Crippen LogP contribution in [0.15, 0.2) is 23.0 Å². The Morgan fingerprint density at radius 1 is 1.19 bits per heavy atom. The van der Waals surface area contributed by atoms with Crippen molar-refractivity contribution in [3.8, 4) is 0 Å². The van der Waals surface area contributed by atoms with Gasteiger partial charge in [-0.25, -0.2) is 4.79 Å². The van der Waals surface area contributed by atoms with Crippen molar-refractivity contribution in [2.45, 2.75) is 38.8 Å². The molecule has 1 fully saturated rings. The van der Waals surface area contributed by atoms with Crippen LogP contribution in [-0.2, 0) is 4.79 Å². The summed E-state index contributed by atoms with van der Waals surface area (Å²) in [7, 11) is 0. The minimum atomic E-state index is -0.474. The summed E-state index contributed by atoms with van der Waals surface area (Å²) in [5.74, 6) is 0.122. The van der Waals surface area contributed by atoms with E-state index in [9.17, 15) is 14.4 Å². The van der Waals surface area contributed by atoms with Gasteiger partial charge < -0.3 is 25.9 Å². The summed E-state index contributed by atoms with van der Waals surface area (Å²) in [4.78, 5) is 42.9. The minimum absolute atomic E-state index is 0.00368. The molecule has 1 aliphatic rings. The van der Waals surface area contributed by atoms with E-state index < -0.39 is 6.04 Å². The van der Waals surface area contributed by atoms with Crippen LogP contribution < -0.4 is 16.7 Å². The summed E-state index contributed by atoms with van der Waals surface area (Å²) < 4.78 is 0. The molecule has 3 rings (SSSR count). The number of likely N-dealkylation sites (tertiary alicyclic amines) is 1. The van der Waals surface area contributed by atoms with E-state index >= 15 is 0 Å². The van der Waals surface area contributed by atoms with Crippen molar-refractivity contribution in [2.75, 3.05) is 13.1 Å². The Balaban J connectivity index is 1.59. The van der Waals surface area contributed by atoms with Gasteiger partial charge in [-0.1, -0.05) is 0 Å². The van der Waals surface area contributed by atoms with Crippen LogP contribution >= 0.6 is 0 Å². The lowest BCUT2D eigenvalue weighted by Gasteiger charge is -2.35. The van der Waals surface area contributed by atoms with Gasteiger partial charge in [-0.2, -0.15) is 0 Å². The lowest BCUT2D eigenvalue weighted by atomic mass is 9.90. The molecule has 8 heteroatoms. The first-order valence-corrected chi connectivity index (χ1v) is 8.92. The molecule has 2 amide bonds. The molecule has 0 radical (unpaired) electrons. The highest BCUT2D eigenvalue weighted by Crippen LogP contribution is 2.21. The Morgan fingerprint density at radius 2 is 1.85 bits per heavy atom. The van der Waals surface area contributed by atoms with Gasteiger partial charge in [-0.15, -0.1) is 0 Å². The number of aromatic amines is 2. The summed E-state index contributed by atoms with van der Waals surface area (Å²) in [5.41, 5.74) is 7.15. The maximum Gasteiger partial charge on any atom is 0.323 e. The molecule has 0 aliphatic carbocycles. The Morgan fingerprint density at radius 3 is 2.50 bits per heavy atom. The molecule has 1 aromatic carbocycles. The molecule has 1 aliphatic heterocycles. The lowest BCUT2D eigenvalue weighted by molar-refractivity contribution is -0.133. The van der Waals surface area contributed by atoms with E-state index in [1.54, 1.807) is 30.0 Å². The standard InChI is InChI=1S/C18H25N5O3/c1-10(19)17(25)23-7-5-12(6-8-23)11(2)20-16(24)13-3-4-14-15(9-13)22-18(26)21-14/h3-4,9-12H,5-8,19H2,1-2H3,(H,20,24)(H2,21,22,26). The average molecular weight is 359 g/mol. The highest BCUT2D eigenvalue weighted by molar-refractivity contribution is 5.97. The molecule has 2 atom stereocenters. The quantitative estimate of drug-likeness (QED) is 0.637. The van der Waals surface area contributed by atoms with Crippen LogP contribution in [-0.4, -0.2) is 51.9 Å². The number of hydrogen-bond acceptors (Lipinski definition) is 4. The van der Waals surface area contributed by atoms with Crippen LogP contribution in [0.4, 0.5) is 0 Å². The van der Waals surface area contributed by atoms with E-state index in [2.05, 4.69) is 15.3 Å². The smallest absolute Gasteiger partial charge is 0.323 e. The van der Waals surface area contributed by atoms with E-state index in [0.717, 1.165) is 12.8 Å². The number of carbonyl (C=O) groups is 2. The summed E-state index contributed by atoms with van der Waals surface area (Å²) in [6, 6.07) is 4.59. The molecule has 2 aromatic rings. The SMILES string of the molecule is CC(N)C(=O)N1CCC(C(C)NC(=O)c2ccc3[nH]c(=O)[nH]c3c2)CC1. The van der Waals surface area contributed by atoms with Gasteiger partial charge in [-0.05, 0) is 50.8 Å². The number of benzene rings is 1. The number of imidazole rings is 1. The Labute approximate surface area is 151 Å². The number of nitrogens with two attached hydrogens (primary N) is 1. The molecule has 2 heterocycles. The van der Waals surface area contributed by atoms with Gasteiger partial charge >= 0.3 is 5.69 Å². The van der Waals surface area contributed by atoms with Crippen molar-refractivity contribution >= 4 is 22.8 Å². The molecule has 0 saturated carbocycles. The lowest BCUT2D eigenvalue weighted by Crippen LogP contribution is -2.49. The molecule has 1 aromatic heterocycles. The predicted molar refractivity (Wildman–Crippen MR) is 98.8 cm³/mol. The number of fused-ring (bicyclic) bond motifs is 1. The minimum Gasteiger partial charge on any atom is -0.349 e. The van der Waals surface area contributed by atoms with E-state index in [1.165, 1.54) is 0 Å². The molecule has 26 heavy (non-hydrogen) atoms. The third-order valence-corrected chi connectivity index (χ3v) is 5.08. The first-order chi connectivity index (χ1) is 12.3. The van der Waals surface area contributed by atoms with Crippen molar-refractivity contribution < 1.29 is 9.59 Å². The van der Waals surface area contributed by atoms with Gasteiger partial charge in [0.2, 0.25) is 5.91 Å². The zero-order chi connectivity index (χ0) is 18.8. The van der Waals surface area contributed by atoms with E-state index in [0.29, 0.717) is 35.6 Å². The number of H-pyrrole nitrogens is 2. The predicted octanol–water partition coefficient (Wildman–Crippen LogP) is 0.560. The second kappa shape index (κ2) is 7.33. The topological polar surface area (TPSA) is 124 Å². The normalized spacial score (nSPS) is 17.9. The summed E-state index contributed by atoms with van der Waals surface area (Å²) in [5, 5.41) is 3.03. The largest absolute Gasteiger partial charge is 0.349 e. The fourth-order valence-electron chi connectivity index (χ4n) is 3.49. The Bertz CT molecular complexity index is 861. The van der Waals surface area contributed by atoms with Gasteiger partial charge in [0.25, 0.3) is 5.91 Å². The second-order valence-electron chi connectivity index (χ2n) is 7.05. The monoisotopic (exact) mass is 359 g/mol. The Hall–Kier alpha value is -2.61. The van der Waals surface area contributed by atoms with Crippen molar-refractivity contribution in [1.82, 2.24) is 20.2 Å². The van der Waals surface area contributed by atoms with Crippen LogP contribution in [0.1, 0.15) is 37.0 Å². The first kappa shape index (κ1) is 18.2. The number of rotatable bonds is 4.